The molecule has 2 N–H and O–H groups in total. The monoisotopic (exact) mass is 176 g/mol. The Hall–Kier alpha value is -1.05. The zero-order chi connectivity index (χ0) is 9.47. The molecule has 70 valence electrons. The molecule has 0 aromatic carbocycles. The van der Waals surface area contributed by atoms with Crippen LogP contribution in [0.2, 0.25) is 0 Å². The van der Waals surface area contributed by atoms with Crippen molar-refractivity contribution in [3.05, 3.63) is 23.4 Å². The number of nitrogen functional groups attached to an aromatic ring is 1. The van der Waals surface area contributed by atoms with Crippen LogP contribution in [0.5, 0.6) is 0 Å². The van der Waals surface area contributed by atoms with E-state index >= 15 is 0 Å². The molecular weight excluding hydrogens is 160 g/mol. The number of nitrogens with zero attached hydrogens (tertiary/aromatic N) is 1. The van der Waals surface area contributed by atoms with Crippen molar-refractivity contribution in [2.45, 2.75) is 38.5 Å². The van der Waals surface area contributed by atoms with Crippen LogP contribution in [0.3, 0.4) is 0 Å². The van der Waals surface area contributed by atoms with Gasteiger partial charge in [0.05, 0.1) is 5.69 Å². The van der Waals surface area contributed by atoms with E-state index in [9.17, 15) is 0 Å². The normalized spacial score (nSPS) is 19.5. The lowest BCUT2D eigenvalue weighted by atomic mass is 9.76. The van der Waals surface area contributed by atoms with E-state index < -0.39 is 0 Å². The summed E-state index contributed by atoms with van der Waals surface area (Å²) in [6.07, 6.45) is 3.65. The summed E-state index contributed by atoms with van der Waals surface area (Å²) >= 11 is 0. The molecule has 1 aromatic heterocycles. The molecule has 0 saturated heterocycles. The maximum atomic E-state index is 5.69. The molecule has 0 bridgehead atoms. The first-order valence-corrected chi connectivity index (χ1v) is 4.85. The topological polar surface area (TPSA) is 38.9 Å². The van der Waals surface area contributed by atoms with E-state index in [4.69, 9.17) is 5.73 Å². The van der Waals surface area contributed by atoms with Gasteiger partial charge in [0.2, 0.25) is 0 Å². The number of rotatable bonds is 0. The van der Waals surface area contributed by atoms with Gasteiger partial charge in [0.25, 0.3) is 0 Å². The van der Waals surface area contributed by atoms with E-state index in [0.717, 1.165) is 6.42 Å². The Labute approximate surface area is 79.2 Å². The maximum Gasteiger partial charge on any atom is 0.123 e. The first kappa shape index (κ1) is 8.54. The molecule has 0 amide bonds. The second kappa shape index (κ2) is 2.72. The number of nitrogens with two attached hydrogens (primary N) is 1. The molecule has 2 nitrogen and oxygen atoms in total. The molecular formula is C11H16N2. The predicted molar refractivity (Wildman–Crippen MR) is 54.6 cm³/mol. The minimum absolute atomic E-state index is 0.211. The lowest BCUT2D eigenvalue weighted by Crippen LogP contribution is -2.25. The summed E-state index contributed by atoms with van der Waals surface area (Å²) in [6.45, 7) is 4.49. The Morgan fingerprint density at radius 3 is 2.92 bits per heavy atom. The van der Waals surface area contributed by atoms with Crippen molar-refractivity contribution in [2.75, 3.05) is 5.73 Å². The second-order valence-electron chi connectivity index (χ2n) is 4.48. The molecule has 2 heteroatoms. The van der Waals surface area contributed by atoms with Crippen LogP contribution in [-0.4, -0.2) is 4.98 Å². The third-order valence-electron chi connectivity index (χ3n) is 2.89. The Morgan fingerprint density at radius 1 is 1.38 bits per heavy atom. The fraction of sp³-hybridized carbons (Fsp3) is 0.545. The number of hydrogen-bond acceptors (Lipinski definition) is 2. The van der Waals surface area contributed by atoms with Gasteiger partial charge in [0, 0.05) is 5.41 Å². The van der Waals surface area contributed by atoms with Crippen molar-refractivity contribution in [1.29, 1.82) is 0 Å². The summed E-state index contributed by atoms with van der Waals surface area (Å²) in [5.74, 6) is 0.647. The van der Waals surface area contributed by atoms with Crippen molar-refractivity contribution in [2.24, 2.45) is 0 Å². The van der Waals surface area contributed by atoms with E-state index in [0.29, 0.717) is 5.82 Å². The van der Waals surface area contributed by atoms with Crippen LogP contribution in [0.15, 0.2) is 12.1 Å². The van der Waals surface area contributed by atoms with Crippen LogP contribution in [0.25, 0.3) is 0 Å². The number of fused-ring (bicyclic) bond motifs is 1. The first-order chi connectivity index (χ1) is 6.09. The lowest BCUT2D eigenvalue weighted by molar-refractivity contribution is 0.419. The molecule has 0 unspecified atom stereocenters. The Balaban J connectivity index is 2.55. The number of aromatic nitrogens is 1. The van der Waals surface area contributed by atoms with Crippen molar-refractivity contribution < 1.29 is 0 Å². The Morgan fingerprint density at radius 2 is 2.15 bits per heavy atom. The Kier molecular flexibility index (Phi) is 1.79. The second-order valence-corrected chi connectivity index (χ2v) is 4.48. The van der Waals surface area contributed by atoms with Gasteiger partial charge >= 0.3 is 0 Å². The highest BCUT2D eigenvalue weighted by atomic mass is 14.9. The molecule has 1 aliphatic carbocycles. The standard InChI is InChI=1S/C11H16N2/c1-11(2)7-3-4-8-5-6-9(12)13-10(8)11/h5-6H,3-4,7H2,1-2H3,(H2,12,13). The maximum absolute atomic E-state index is 5.69. The highest BCUT2D eigenvalue weighted by Crippen LogP contribution is 2.35. The third-order valence-corrected chi connectivity index (χ3v) is 2.89. The number of hydrogen-bond donors (Lipinski definition) is 1. The quantitative estimate of drug-likeness (QED) is 0.658. The highest BCUT2D eigenvalue weighted by molar-refractivity contribution is 5.38. The molecule has 1 aromatic rings. The predicted octanol–water partition coefficient (Wildman–Crippen LogP) is 2.28. The number of pyridine rings is 1. The molecule has 1 heterocycles. The summed E-state index contributed by atoms with van der Waals surface area (Å²) in [5.41, 5.74) is 8.49. The molecule has 13 heavy (non-hydrogen) atoms. The zero-order valence-corrected chi connectivity index (χ0v) is 8.30. The largest absolute Gasteiger partial charge is 0.384 e. The summed E-state index contributed by atoms with van der Waals surface area (Å²) in [6, 6.07) is 4.03. The first-order valence-electron chi connectivity index (χ1n) is 4.85. The summed E-state index contributed by atoms with van der Waals surface area (Å²) in [4.78, 5) is 4.44. The Bertz CT molecular complexity index is 329. The van der Waals surface area contributed by atoms with Gasteiger partial charge in [-0.05, 0) is 30.9 Å². The van der Waals surface area contributed by atoms with Gasteiger partial charge in [-0.3, -0.25) is 0 Å². The number of aryl methyl sites for hydroxylation is 1. The van der Waals surface area contributed by atoms with Gasteiger partial charge in [-0.1, -0.05) is 19.9 Å². The van der Waals surface area contributed by atoms with Crippen molar-refractivity contribution in [3.63, 3.8) is 0 Å². The van der Waals surface area contributed by atoms with E-state index in [2.05, 4.69) is 24.9 Å². The van der Waals surface area contributed by atoms with Gasteiger partial charge in [-0.2, -0.15) is 0 Å². The fourth-order valence-corrected chi connectivity index (χ4v) is 2.13. The molecule has 0 saturated carbocycles. The molecule has 0 fully saturated rings. The summed E-state index contributed by atoms with van der Waals surface area (Å²) < 4.78 is 0. The van der Waals surface area contributed by atoms with Gasteiger partial charge in [-0.25, -0.2) is 4.98 Å². The van der Waals surface area contributed by atoms with Gasteiger partial charge in [0.15, 0.2) is 0 Å². The SMILES string of the molecule is CC1(C)CCCc2ccc(N)nc21. The van der Waals surface area contributed by atoms with Crippen LogP contribution in [-0.2, 0) is 11.8 Å². The minimum Gasteiger partial charge on any atom is -0.384 e. The van der Waals surface area contributed by atoms with Crippen LogP contribution in [0, 0.1) is 0 Å². The molecule has 0 aliphatic heterocycles. The molecule has 0 atom stereocenters. The minimum atomic E-state index is 0.211. The molecule has 2 rings (SSSR count). The van der Waals surface area contributed by atoms with Crippen LogP contribution in [0.1, 0.15) is 37.9 Å². The van der Waals surface area contributed by atoms with Crippen molar-refractivity contribution >= 4 is 5.82 Å². The van der Waals surface area contributed by atoms with Gasteiger partial charge in [0.1, 0.15) is 5.82 Å². The van der Waals surface area contributed by atoms with E-state index in [1.165, 1.54) is 24.1 Å². The van der Waals surface area contributed by atoms with Crippen molar-refractivity contribution in [3.8, 4) is 0 Å². The van der Waals surface area contributed by atoms with Crippen LogP contribution in [0.4, 0.5) is 5.82 Å². The average Bonchev–Trinajstić information content (AvgIpc) is 2.06. The smallest absolute Gasteiger partial charge is 0.123 e. The number of anilines is 1. The average molecular weight is 176 g/mol. The zero-order valence-electron chi connectivity index (χ0n) is 8.30. The van der Waals surface area contributed by atoms with Crippen molar-refractivity contribution in [1.82, 2.24) is 4.98 Å². The molecule has 1 aliphatic rings. The lowest BCUT2D eigenvalue weighted by Gasteiger charge is -2.31. The van der Waals surface area contributed by atoms with E-state index in [1.807, 2.05) is 6.07 Å². The van der Waals surface area contributed by atoms with Crippen LogP contribution >= 0.6 is 0 Å². The van der Waals surface area contributed by atoms with E-state index in [1.54, 1.807) is 0 Å². The molecule has 0 radical (unpaired) electrons. The summed E-state index contributed by atoms with van der Waals surface area (Å²) in [7, 11) is 0. The van der Waals surface area contributed by atoms with Gasteiger partial charge in [-0.15, -0.1) is 0 Å². The van der Waals surface area contributed by atoms with Gasteiger partial charge < -0.3 is 5.73 Å². The fourth-order valence-electron chi connectivity index (χ4n) is 2.13. The molecule has 0 spiro atoms. The van der Waals surface area contributed by atoms with Crippen LogP contribution < -0.4 is 5.73 Å². The summed E-state index contributed by atoms with van der Waals surface area (Å²) in [5, 5.41) is 0. The highest BCUT2D eigenvalue weighted by Gasteiger charge is 2.28. The van der Waals surface area contributed by atoms with E-state index in [-0.39, 0.29) is 5.41 Å². The third kappa shape index (κ3) is 1.41.